The average molecular weight is 316 g/mol. The van der Waals surface area contributed by atoms with E-state index in [4.69, 9.17) is 4.52 Å². The van der Waals surface area contributed by atoms with Gasteiger partial charge in [-0.05, 0) is 25.8 Å². The van der Waals surface area contributed by atoms with Crippen LogP contribution in [0.3, 0.4) is 0 Å². The molecule has 1 amide bonds. The molecule has 6 nitrogen and oxygen atoms in total. The number of carbonyl (C=O) groups excluding carboxylic acids is 1. The molecule has 0 aliphatic carbocycles. The van der Waals surface area contributed by atoms with Crippen molar-refractivity contribution in [2.24, 2.45) is 0 Å². The van der Waals surface area contributed by atoms with Gasteiger partial charge in [-0.2, -0.15) is 0 Å². The van der Waals surface area contributed by atoms with Crippen molar-refractivity contribution in [1.82, 2.24) is 10.1 Å². The van der Waals surface area contributed by atoms with Gasteiger partial charge < -0.3 is 14.5 Å². The number of aryl methyl sites for hydroxylation is 2. The van der Waals surface area contributed by atoms with Crippen LogP contribution in [0.4, 0.5) is 0 Å². The second-order valence-electron chi connectivity index (χ2n) is 5.46. The van der Waals surface area contributed by atoms with Crippen LogP contribution >= 0.6 is 0 Å². The van der Waals surface area contributed by atoms with Crippen LogP contribution in [0.1, 0.15) is 35.0 Å². The van der Waals surface area contributed by atoms with Gasteiger partial charge >= 0.3 is 5.97 Å². The van der Waals surface area contributed by atoms with Crippen molar-refractivity contribution in [2.45, 2.75) is 32.7 Å². The van der Waals surface area contributed by atoms with Crippen molar-refractivity contribution in [2.75, 3.05) is 7.05 Å². The molecule has 0 saturated carbocycles. The fourth-order valence-corrected chi connectivity index (χ4v) is 2.58. The molecule has 0 saturated heterocycles. The molecule has 1 atom stereocenters. The average Bonchev–Trinajstić information content (AvgIpc) is 2.84. The Labute approximate surface area is 134 Å². The van der Waals surface area contributed by atoms with E-state index in [2.05, 4.69) is 5.16 Å². The van der Waals surface area contributed by atoms with Crippen LogP contribution in [-0.4, -0.2) is 34.1 Å². The molecule has 6 heteroatoms. The fourth-order valence-electron chi connectivity index (χ4n) is 2.58. The van der Waals surface area contributed by atoms with Crippen molar-refractivity contribution in [3.63, 3.8) is 0 Å². The van der Waals surface area contributed by atoms with Crippen molar-refractivity contribution in [3.05, 3.63) is 52.9 Å². The first kappa shape index (κ1) is 16.7. The maximum Gasteiger partial charge on any atom is 0.331 e. The summed E-state index contributed by atoms with van der Waals surface area (Å²) in [5, 5.41) is 13.3. The van der Waals surface area contributed by atoms with Crippen molar-refractivity contribution in [3.8, 4) is 0 Å². The third kappa shape index (κ3) is 3.77. The number of carboxylic acid groups (broad SMARTS) is 1. The van der Waals surface area contributed by atoms with Crippen LogP contribution in [0.15, 0.2) is 34.9 Å². The maximum absolute atomic E-state index is 12.4. The smallest absolute Gasteiger partial charge is 0.331 e. The number of aliphatic carboxylic acids is 1. The molecule has 0 spiro atoms. The molecule has 0 bridgehead atoms. The molecule has 1 aromatic heterocycles. The molecular formula is C17H20N2O4. The van der Waals surface area contributed by atoms with E-state index in [1.807, 2.05) is 13.0 Å². The highest BCUT2D eigenvalue weighted by atomic mass is 16.5. The van der Waals surface area contributed by atoms with Crippen LogP contribution in [0, 0.1) is 13.8 Å². The summed E-state index contributed by atoms with van der Waals surface area (Å²) in [5.41, 5.74) is 2.24. The first-order valence-electron chi connectivity index (χ1n) is 7.37. The monoisotopic (exact) mass is 316 g/mol. The Balaban J connectivity index is 2.09. The largest absolute Gasteiger partial charge is 0.479 e. The molecule has 2 aromatic rings. The first-order valence-corrected chi connectivity index (χ1v) is 7.37. The molecule has 2 rings (SSSR count). The zero-order chi connectivity index (χ0) is 17.0. The third-order valence-electron chi connectivity index (χ3n) is 3.90. The number of amides is 1. The Hall–Kier alpha value is -2.63. The number of hydrogen-bond acceptors (Lipinski definition) is 4. The normalized spacial score (nSPS) is 12.0. The molecule has 122 valence electrons. The van der Waals surface area contributed by atoms with E-state index in [1.54, 1.807) is 31.2 Å². The van der Waals surface area contributed by atoms with Crippen LogP contribution < -0.4 is 0 Å². The predicted molar refractivity (Wildman–Crippen MR) is 83.9 cm³/mol. The lowest BCUT2D eigenvalue weighted by molar-refractivity contribution is -0.149. The molecule has 0 aliphatic rings. The van der Waals surface area contributed by atoms with E-state index in [0.717, 1.165) is 11.3 Å². The number of rotatable bonds is 6. The summed E-state index contributed by atoms with van der Waals surface area (Å²) >= 11 is 0. The molecule has 1 aromatic carbocycles. The van der Waals surface area contributed by atoms with Crippen molar-refractivity contribution < 1.29 is 19.2 Å². The number of hydrogen-bond donors (Lipinski definition) is 1. The number of benzene rings is 1. The zero-order valence-electron chi connectivity index (χ0n) is 13.4. The lowest BCUT2D eigenvalue weighted by Crippen LogP contribution is -2.36. The Morgan fingerprint density at radius 1 is 1.26 bits per heavy atom. The predicted octanol–water partition coefficient (Wildman–Crippen LogP) is 2.51. The zero-order valence-corrected chi connectivity index (χ0v) is 13.4. The molecule has 1 heterocycles. The summed E-state index contributed by atoms with van der Waals surface area (Å²) in [6.07, 6.45) is 0.682. The molecule has 0 radical (unpaired) electrons. The van der Waals surface area contributed by atoms with Gasteiger partial charge in [0.25, 0.3) is 0 Å². The minimum Gasteiger partial charge on any atom is -0.479 e. The number of carboxylic acids is 1. The van der Waals surface area contributed by atoms with E-state index in [0.29, 0.717) is 17.7 Å². The fraction of sp³-hybridized carbons (Fsp3) is 0.353. The summed E-state index contributed by atoms with van der Waals surface area (Å²) in [6, 6.07) is 7.74. The van der Waals surface area contributed by atoms with E-state index in [-0.39, 0.29) is 12.3 Å². The summed E-state index contributed by atoms with van der Waals surface area (Å²) in [5.74, 6) is -0.596. The topological polar surface area (TPSA) is 83.6 Å². The van der Waals surface area contributed by atoms with Gasteiger partial charge in [-0.3, -0.25) is 4.79 Å². The van der Waals surface area contributed by atoms with Gasteiger partial charge in [0.15, 0.2) is 6.04 Å². The van der Waals surface area contributed by atoms with Gasteiger partial charge in [0, 0.05) is 19.0 Å². The Morgan fingerprint density at radius 3 is 2.43 bits per heavy atom. The number of nitrogens with zero attached hydrogens (tertiary/aromatic N) is 2. The van der Waals surface area contributed by atoms with Gasteiger partial charge in [0.05, 0.1) is 5.69 Å². The Kier molecular flexibility index (Phi) is 5.16. The summed E-state index contributed by atoms with van der Waals surface area (Å²) in [6.45, 7) is 3.62. The van der Waals surface area contributed by atoms with Gasteiger partial charge in [-0.1, -0.05) is 35.5 Å². The lowest BCUT2D eigenvalue weighted by Gasteiger charge is -2.25. The van der Waals surface area contributed by atoms with E-state index in [9.17, 15) is 14.7 Å². The first-order chi connectivity index (χ1) is 10.9. The maximum atomic E-state index is 12.4. The molecule has 0 fully saturated rings. The highest BCUT2D eigenvalue weighted by Crippen LogP contribution is 2.21. The quantitative estimate of drug-likeness (QED) is 0.885. The SMILES string of the molecule is Cc1noc(C)c1CCC(=O)N(C)C(C(=O)O)c1ccccc1. The van der Waals surface area contributed by atoms with E-state index >= 15 is 0 Å². The summed E-state index contributed by atoms with van der Waals surface area (Å²) in [7, 11) is 1.52. The van der Waals surface area contributed by atoms with Crippen LogP contribution in [0.25, 0.3) is 0 Å². The molecule has 0 aliphatic heterocycles. The van der Waals surface area contributed by atoms with Crippen molar-refractivity contribution >= 4 is 11.9 Å². The van der Waals surface area contributed by atoms with Gasteiger partial charge in [-0.15, -0.1) is 0 Å². The third-order valence-corrected chi connectivity index (χ3v) is 3.90. The molecule has 1 unspecified atom stereocenters. The van der Waals surface area contributed by atoms with Crippen LogP contribution in [0.2, 0.25) is 0 Å². The highest BCUT2D eigenvalue weighted by Gasteiger charge is 2.28. The molecule has 23 heavy (non-hydrogen) atoms. The molecule has 1 N–H and O–H groups in total. The number of aromatic nitrogens is 1. The van der Waals surface area contributed by atoms with E-state index in [1.165, 1.54) is 11.9 Å². The highest BCUT2D eigenvalue weighted by molar-refractivity contribution is 5.84. The van der Waals surface area contributed by atoms with Gasteiger partial charge in [0.2, 0.25) is 5.91 Å². The van der Waals surface area contributed by atoms with Crippen LogP contribution in [0.5, 0.6) is 0 Å². The number of likely N-dealkylation sites (N-methyl/N-ethyl adjacent to an activating group) is 1. The standard InChI is InChI=1S/C17H20N2O4/c1-11-14(12(2)23-18-11)9-10-15(20)19(3)16(17(21)22)13-7-5-4-6-8-13/h4-8,16H,9-10H2,1-3H3,(H,21,22). The second kappa shape index (κ2) is 7.09. The summed E-state index contributed by atoms with van der Waals surface area (Å²) in [4.78, 5) is 25.2. The second-order valence-corrected chi connectivity index (χ2v) is 5.46. The minimum absolute atomic E-state index is 0.204. The Morgan fingerprint density at radius 2 is 1.91 bits per heavy atom. The van der Waals surface area contributed by atoms with Gasteiger partial charge in [-0.25, -0.2) is 4.79 Å². The lowest BCUT2D eigenvalue weighted by atomic mass is 10.0. The van der Waals surface area contributed by atoms with Gasteiger partial charge in [0.1, 0.15) is 5.76 Å². The summed E-state index contributed by atoms with van der Waals surface area (Å²) < 4.78 is 5.07. The minimum atomic E-state index is -1.05. The van der Waals surface area contributed by atoms with Crippen molar-refractivity contribution in [1.29, 1.82) is 0 Å². The van der Waals surface area contributed by atoms with Crippen LogP contribution in [-0.2, 0) is 16.0 Å². The molecular weight excluding hydrogens is 296 g/mol. The number of carbonyl (C=O) groups is 2. The van der Waals surface area contributed by atoms with E-state index < -0.39 is 12.0 Å². The Bertz CT molecular complexity index is 674.